The van der Waals surface area contributed by atoms with Gasteiger partial charge in [0.1, 0.15) is 6.04 Å². The standard InChI is InChI=1S/C3H7NO2S.CH4S/c4-2(1-7)3(5)6;1-2/h2,7H,1,4H2,(H,5,6);2H,1H3. The Morgan fingerprint density at radius 1 is 1.78 bits per heavy atom. The van der Waals surface area contributed by atoms with Gasteiger partial charge in [0.25, 0.3) is 0 Å². The molecule has 0 rings (SSSR count). The summed E-state index contributed by atoms with van der Waals surface area (Å²) in [6.07, 6.45) is 1.69. The fraction of sp³-hybridized carbons (Fsp3) is 0.750. The maximum absolute atomic E-state index is 9.76. The van der Waals surface area contributed by atoms with Crippen LogP contribution in [-0.4, -0.2) is 29.1 Å². The molecule has 3 N–H and O–H groups in total. The molecule has 0 amide bonds. The van der Waals surface area contributed by atoms with E-state index in [1.165, 1.54) is 0 Å². The maximum Gasteiger partial charge on any atom is 0.321 e. The van der Waals surface area contributed by atoms with Crippen LogP contribution >= 0.6 is 25.3 Å². The van der Waals surface area contributed by atoms with Gasteiger partial charge in [0, 0.05) is 5.75 Å². The molecule has 1 unspecified atom stereocenters. The second-order valence-corrected chi connectivity index (χ2v) is 1.49. The first-order valence-corrected chi connectivity index (χ1v) is 3.75. The van der Waals surface area contributed by atoms with Crippen molar-refractivity contribution in [2.45, 2.75) is 6.04 Å². The molecule has 0 bridgehead atoms. The van der Waals surface area contributed by atoms with E-state index < -0.39 is 12.0 Å². The number of aliphatic carboxylic acids is 1. The van der Waals surface area contributed by atoms with Crippen molar-refractivity contribution in [3.8, 4) is 0 Å². The van der Waals surface area contributed by atoms with Crippen LogP contribution in [0.1, 0.15) is 0 Å². The molecule has 0 aromatic heterocycles. The van der Waals surface area contributed by atoms with Crippen LogP contribution in [0.15, 0.2) is 0 Å². The summed E-state index contributed by atoms with van der Waals surface area (Å²) in [5, 5.41) is 8.01. The van der Waals surface area contributed by atoms with Crippen molar-refractivity contribution in [1.82, 2.24) is 0 Å². The Labute approximate surface area is 65.4 Å². The number of nitrogens with two attached hydrogens (primary N) is 1. The van der Waals surface area contributed by atoms with Gasteiger partial charge in [0.2, 0.25) is 0 Å². The van der Waals surface area contributed by atoms with Gasteiger partial charge < -0.3 is 10.8 Å². The van der Waals surface area contributed by atoms with E-state index in [0.717, 1.165) is 0 Å². The number of carboxylic acid groups (broad SMARTS) is 1. The summed E-state index contributed by atoms with van der Waals surface area (Å²) < 4.78 is 0. The fourth-order valence-corrected chi connectivity index (χ4v) is 0.234. The van der Waals surface area contributed by atoms with Crippen LogP contribution in [0.3, 0.4) is 0 Å². The second-order valence-electron chi connectivity index (χ2n) is 1.13. The topological polar surface area (TPSA) is 63.3 Å². The highest BCUT2D eigenvalue weighted by Crippen LogP contribution is 1.80. The molecule has 9 heavy (non-hydrogen) atoms. The first-order valence-electron chi connectivity index (χ1n) is 2.22. The van der Waals surface area contributed by atoms with Gasteiger partial charge in [-0.2, -0.15) is 25.3 Å². The van der Waals surface area contributed by atoms with Crippen molar-refractivity contribution in [2.24, 2.45) is 5.73 Å². The monoisotopic (exact) mass is 169 g/mol. The first kappa shape index (κ1) is 11.9. The van der Waals surface area contributed by atoms with Crippen molar-refractivity contribution in [1.29, 1.82) is 0 Å². The zero-order chi connectivity index (χ0) is 7.86. The predicted octanol–water partition coefficient (Wildman–Crippen LogP) is -0.126. The summed E-state index contributed by atoms with van der Waals surface area (Å²) in [7, 11) is 0. The third-order valence-electron chi connectivity index (χ3n) is 0.514. The van der Waals surface area contributed by atoms with Crippen LogP contribution in [0, 0.1) is 0 Å². The zero-order valence-corrected chi connectivity index (χ0v) is 6.90. The Morgan fingerprint density at radius 3 is 2.11 bits per heavy atom. The van der Waals surface area contributed by atoms with E-state index in [-0.39, 0.29) is 5.75 Å². The van der Waals surface area contributed by atoms with E-state index in [1.807, 2.05) is 0 Å². The zero-order valence-electron chi connectivity index (χ0n) is 5.11. The van der Waals surface area contributed by atoms with Gasteiger partial charge in [-0.15, -0.1) is 0 Å². The third kappa shape index (κ3) is 8.13. The molecule has 0 saturated carbocycles. The second kappa shape index (κ2) is 8.13. The highest BCUT2D eigenvalue weighted by Gasteiger charge is 2.06. The van der Waals surface area contributed by atoms with Crippen LogP contribution < -0.4 is 5.73 Å². The number of carboxylic acids is 1. The van der Waals surface area contributed by atoms with Gasteiger partial charge in [-0.05, 0) is 6.26 Å². The van der Waals surface area contributed by atoms with Gasteiger partial charge in [-0.25, -0.2) is 0 Å². The summed E-state index contributed by atoms with van der Waals surface area (Å²) in [6.45, 7) is 0. The Balaban J connectivity index is 0. The Bertz CT molecular complexity index is 79.0. The minimum atomic E-state index is -1.00. The van der Waals surface area contributed by atoms with Gasteiger partial charge in [0.15, 0.2) is 0 Å². The quantitative estimate of drug-likeness (QED) is 0.436. The highest BCUT2D eigenvalue weighted by molar-refractivity contribution is 7.80. The minimum absolute atomic E-state index is 0.190. The van der Waals surface area contributed by atoms with E-state index >= 15 is 0 Å². The molecule has 0 aromatic rings. The van der Waals surface area contributed by atoms with Gasteiger partial charge in [-0.1, -0.05) is 0 Å². The number of rotatable bonds is 2. The minimum Gasteiger partial charge on any atom is -0.480 e. The third-order valence-corrected chi connectivity index (χ3v) is 0.907. The van der Waals surface area contributed by atoms with E-state index in [0.29, 0.717) is 0 Å². The van der Waals surface area contributed by atoms with Crippen molar-refractivity contribution in [2.75, 3.05) is 12.0 Å². The Kier molecular flexibility index (Phi) is 10.7. The molecular weight excluding hydrogens is 158 g/mol. The SMILES string of the molecule is CS.NC(CS)C(=O)O. The summed E-state index contributed by atoms with van der Waals surface area (Å²) in [6, 6.07) is -0.816. The summed E-state index contributed by atoms with van der Waals surface area (Å²) in [4.78, 5) is 9.76. The fourth-order valence-electron chi connectivity index (χ4n) is 0.0781. The van der Waals surface area contributed by atoms with Crippen molar-refractivity contribution >= 4 is 31.2 Å². The number of carbonyl (C=O) groups is 1. The van der Waals surface area contributed by atoms with Crippen molar-refractivity contribution in [3.05, 3.63) is 0 Å². The molecule has 0 radical (unpaired) electrons. The molecule has 0 aromatic carbocycles. The highest BCUT2D eigenvalue weighted by atomic mass is 32.1. The lowest BCUT2D eigenvalue weighted by Gasteiger charge is -1.96. The maximum atomic E-state index is 9.76. The molecule has 0 saturated heterocycles. The summed E-state index contributed by atoms with van der Waals surface area (Å²) in [5.41, 5.74) is 4.94. The summed E-state index contributed by atoms with van der Waals surface area (Å²) in [5.74, 6) is -0.815. The lowest BCUT2D eigenvalue weighted by atomic mass is 10.4. The molecule has 0 heterocycles. The van der Waals surface area contributed by atoms with Gasteiger partial charge in [-0.3, -0.25) is 4.79 Å². The van der Waals surface area contributed by atoms with E-state index in [1.54, 1.807) is 6.26 Å². The van der Waals surface area contributed by atoms with E-state index in [2.05, 4.69) is 25.3 Å². The number of hydrogen-bond acceptors (Lipinski definition) is 4. The van der Waals surface area contributed by atoms with Crippen LogP contribution in [0.4, 0.5) is 0 Å². The lowest BCUT2D eigenvalue weighted by Crippen LogP contribution is -2.31. The average molecular weight is 169 g/mol. The Morgan fingerprint density at radius 2 is 2.11 bits per heavy atom. The predicted molar refractivity (Wildman–Crippen MR) is 44.4 cm³/mol. The molecule has 0 aliphatic carbocycles. The van der Waals surface area contributed by atoms with Crippen molar-refractivity contribution < 1.29 is 9.90 Å². The molecule has 1 atom stereocenters. The molecule has 0 aliphatic heterocycles. The van der Waals surface area contributed by atoms with Crippen molar-refractivity contribution in [3.63, 3.8) is 0 Å². The smallest absolute Gasteiger partial charge is 0.321 e. The summed E-state index contributed by atoms with van der Waals surface area (Å²) >= 11 is 7.18. The molecule has 0 aliphatic rings. The van der Waals surface area contributed by atoms with Crippen LogP contribution in [-0.2, 0) is 4.79 Å². The molecule has 5 heteroatoms. The first-order chi connectivity index (χ1) is 4.18. The molecule has 56 valence electrons. The van der Waals surface area contributed by atoms with Gasteiger partial charge >= 0.3 is 5.97 Å². The van der Waals surface area contributed by atoms with E-state index in [9.17, 15) is 4.79 Å². The van der Waals surface area contributed by atoms with Gasteiger partial charge in [0.05, 0.1) is 0 Å². The van der Waals surface area contributed by atoms with E-state index in [4.69, 9.17) is 10.8 Å². The van der Waals surface area contributed by atoms with Crippen LogP contribution in [0.25, 0.3) is 0 Å². The molecular formula is C4H11NO2S2. The van der Waals surface area contributed by atoms with Crippen LogP contribution in [0.5, 0.6) is 0 Å². The molecule has 0 spiro atoms. The molecule has 0 fully saturated rings. The average Bonchev–Trinajstić information content (AvgIpc) is 1.91. The Hall–Kier alpha value is 0.130. The van der Waals surface area contributed by atoms with Crippen LogP contribution in [0.2, 0.25) is 0 Å². The lowest BCUT2D eigenvalue weighted by molar-refractivity contribution is -0.137. The largest absolute Gasteiger partial charge is 0.480 e. The molecule has 3 nitrogen and oxygen atoms in total. The number of thiol groups is 2. The normalized spacial score (nSPS) is 11.1. The number of hydrogen-bond donors (Lipinski definition) is 4.